The summed E-state index contributed by atoms with van der Waals surface area (Å²) in [4.78, 5) is 23.2. The Kier molecular flexibility index (Phi) is 5.49. The van der Waals surface area contributed by atoms with E-state index in [1.54, 1.807) is 17.1 Å². The molecule has 0 bridgehead atoms. The summed E-state index contributed by atoms with van der Waals surface area (Å²) < 4.78 is 1.74. The SMILES string of the molecule is CC(C)CN(Cc1cnn(C)c1)C(=O)c1ccc(-c2cncc(N)n2)cc1. The van der Waals surface area contributed by atoms with Crippen LogP contribution in [0.15, 0.2) is 49.1 Å². The van der Waals surface area contributed by atoms with Gasteiger partial charge in [-0.3, -0.25) is 14.5 Å². The van der Waals surface area contributed by atoms with E-state index in [1.807, 2.05) is 42.4 Å². The maximum atomic E-state index is 13.0. The number of anilines is 1. The first-order chi connectivity index (χ1) is 12.9. The van der Waals surface area contributed by atoms with Gasteiger partial charge < -0.3 is 10.6 Å². The van der Waals surface area contributed by atoms with Gasteiger partial charge in [-0.05, 0) is 18.1 Å². The van der Waals surface area contributed by atoms with Gasteiger partial charge in [-0.25, -0.2) is 4.98 Å². The summed E-state index contributed by atoms with van der Waals surface area (Å²) in [5.74, 6) is 0.734. The highest BCUT2D eigenvalue weighted by Crippen LogP contribution is 2.19. The highest BCUT2D eigenvalue weighted by atomic mass is 16.2. The van der Waals surface area contributed by atoms with E-state index in [4.69, 9.17) is 5.73 Å². The number of nitrogens with two attached hydrogens (primary N) is 1. The zero-order chi connectivity index (χ0) is 19.4. The lowest BCUT2D eigenvalue weighted by Crippen LogP contribution is -2.33. The molecule has 7 heteroatoms. The minimum atomic E-state index is -0.00207. The first-order valence-electron chi connectivity index (χ1n) is 8.87. The van der Waals surface area contributed by atoms with Crippen LogP contribution in [0.3, 0.4) is 0 Å². The molecule has 3 rings (SSSR count). The van der Waals surface area contributed by atoms with E-state index >= 15 is 0 Å². The molecule has 7 nitrogen and oxygen atoms in total. The zero-order valence-electron chi connectivity index (χ0n) is 15.8. The Labute approximate surface area is 158 Å². The summed E-state index contributed by atoms with van der Waals surface area (Å²) in [5.41, 5.74) is 8.90. The summed E-state index contributed by atoms with van der Waals surface area (Å²) in [6.07, 6.45) is 6.88. The fourth-order valence-electron chi connectivity index (χ4n) is 2.92. The lowest BCUT2D eigenvalue weighted by Gasteiger charge is -2.24. The van der Waals surface area contributed by atoms with Gasteiger partial charge in [0.1, 0.15) is 5.82 Å². The van der Waals surface area contributed by atoms with E-state index in [0.717, 1.165) is 11.1 Å². The number of carbonyl (C=O) groups is 1. The molecule has 0 aliphatic heterocycles. The molecule has 0 fully saturated rings. The van der Waals surface area contributed by atoms with Gasteiger partial charge in [-0.2, -0.15) is 5.10 Å². The van der Waals surface area contributed by atoms with Crippen LogP contribution in [-0.2, 0) is 13.6 Å². The molecule has 2 aromatic heterocycles. The van der Waals surface area contributed by atoms with Crippen LogP contribution in [0.4, 0.5) is 5.82 Å². The fourth-order valence-corrected chi connectivity index (χ4v) is 2.92. The van der Waals surface area contributed by atoms with Crippen LogP contribution in [0.1, 0.15) is 29.8 Å². The van der Waals surface area contributed by atoms with Crippen molar-refractivity contribution in [2.24, 2.45) is 13.0 Å². The molecule has 0 aliphatic rings. The molecule has 0 unspecified atom stereocenters. The lowest BCUT2D eigenvalue weighted by atomic mass is 10.1. The highest BCUT2D eigenvalue weighted by Gasteiger charge is 2.18. The molecule has 27 heavy (non-hydrogen) atoms. The smallest absolute Gasteiger partial charge is 0.254 e. The topological polar surface area (TPSA) is 89.9 Å². The van der Waals surface area contributed by atoms with Crippen LogP contribution < -0.4 is 5.73 Å². The Hall–Kier alpha value is -3.22. The van der Waals surface area contributed by atoms with E-state index in [2.05, 4.69) is 28.9 Å². The Balaban J connectivity index is 1.80. The molecule has 0 spiro atoms. The molecule has 0 saturated heterocycles. The first-order valence-corrected chi connectivity index (χ1v) is 8.87. The van der Waals surface area contributed by atoms with Crippen LogP contribution in [0.2, 0.25) is 0 Å². The van der Waals surface area contributed by atoms with Crippen molar-refractivity contribution in [3.8, 4) is 11.3 Å². The van der Waals surface area contributed by atoms with Crippen LogP contribution >= 0.6 is 0 Å². The Morgan fingerprint density at radius 1 is 1.19 bits per heavy atom. The number of carbonyl (C=O) groups excluding carboxylic acids is 1. The predicted molar refractivity (Wildman–Crippen MR) is 105 cm³/mol. The van der Waals surface area contributed by atoms with Crippen molar-refractivity contribution in [2.45, 2.75) is 20.4 Å². The number of nitrogen functional groups attached to an aromatic ring is 1. The third-order valence-corrected chi connectivity index (χ3v) is 4.09. The average Bonchev–Trinajstić information content (AvgIpc) is 3.05. The van der Waals surface area contributed by atoms with E-state index in [1.165, 1.54) is 6.20 Å². The second-order valence-corrected chi connectivity index (χ2v) is 7.01. The number of aromatic nitrogens is 4. The van der Waals surface area contributed by atoms with E-state index in [-0.39, 0.29) is 5.91 Å². The maximum Gasteiger partial charge on any atom is 0.254 e. The van der Waals surface area contributed by atoms with Gasteiger partial charge in [0.15, 0.2) is 0 Å². The van der Waals surface area contributed by atoms with E-state index < -0.39 is 0 Å². The van der Waals surface area contributed by atoms with Crippen LogP contribution in [0, 0.1) is 5.92 Å². The quantitative estimate of drug-likeness (QED) is 0.726. The first kappa shape index (κ1) is 18.6. The second kappa shape index (κ2) is 7.99. The molecule has 140 valence electrons. The van der Waals surface area contributed by atoms with Gasteiger partial charge >= 0.3 is 0 Å². The Morgan fingerprint density at radius 3 is 2.52 bits per heavy atom. The predicted octanol–water partition coefficient (Wildman–Crippen LogP) is 2.76. The minimum Gasteiger partial charge on any atom is -0.382 e. The van der Waals surface area contributed by atoms with Crippen molar-refractivity contribution < 1.29 is 4.79 Å². The summed E-state index contributed by atoms with van der Waals surface area (Å²) in [7, 11) is 1.87. The summed E-state index contributed by atoms with van der Waals surface area (Å²) in [6, 6.07) is 7.38. The molecular formula is C20H24N6O. The average molecular weight is 364 g/mol. The van der Waals surface area contributed by atoms with Crippen molar-refractivity contribution in [1.29, 1.82) is 0 Å². The standard InChI is InChI=1S/C20H24N6O/c1-14(2)11-26(13-15-8-23-25(3)12-15)20(27)17-6-4-16(5-7-17)18-9-22-10-19(21)24-18/h4-10,12,14H,11,13H2,1-3H3,(H2,21,24). The normalized spacial score (nSPS) is 11.0. The van der Waals surface area contributed by atoms with Crippen LogP contribution in [-0.4, -0.2) is 37.1 Å². The molecular weight excluding hydrogens is 340 g/mol. The van der Waals surface area contributed by atoms with E-state index in [9.17, 15) is 4.79 Å². The van der Waals surface area contributed by atoms with Gasteiger partial charge in [0.25, 0.3) is 5.91 Å². The Morgan fingerprint density at radius 2 is 1.93 bits per heavy atom. The fraction of sp³-hybridized carbons (Fsp3) is 0.300. The van der Waals surface area contributed by atoms with Gasteiger partial charge in [-0.1, -0.05) is 26.0 Å². The third kappa shape index (κ3) is 4.69. The molecule has 0 atom stereocenters. The summed E-state index contributed by atoms with van der Waals surface area (Å²) in [6.45, 7) is 5.42. The second-order valence-electron chi connectivity index (χ2n) is 7.01. The number of benzene rings is 1. The number of hydrogen-bond acceptors (Lipinski definition) is 5. The van der Waals surface area contributed by atoms with Crippen molar-refractivity contribution in [1.82, 2.24) is 24.6 Å². The lowest BCUT2D eigenvalue weighted by molar-refractivity contribution is 0.0722. The number of hydrogen-bond donors (Lipinski definition) is 1. The molecule has 1 aromatic carbocycles. The third-order valence-electron chi connectivity index (χ3n) is 4.09. The highest BCUT2D eigenvalue weighted by molar-refractivity contribution is 5.94. The molecule has 2 N–H and O–H groups in total. The van der Waals surface area contributed by atoms with Crippen molar-refractivity contribution in [3.63, 3.8) is 0 Å². The molecule has 3 aromatic rings. The molecule has 0 saturated carbocycles. The monoisotopic (exact) mass is 364 g/mol. The molecule has 2 heterocycles. The molecule has 0 aliphatic carbocycles. The largest absolute Gasteiger partial charge is 0.382 e. The number of aryl methyl sites for hydroxylation is 1. The summed E-state index contributed by atoms with van der Waals surface area (Å²) in [5, 5.41) is 4.19. The van der Waals surface area contributed by atoms with Gasteiger partial charge in [0.05, 0.1) is 24.3 Å². The maximum absolute atomic E-state index is 13.0. The van der Waals surface area contributed by atoms with E-state index in [0.29, 0.717) is 36.1 Å². The van der Waals surface area contributed by atoms with Gasteiger partial charge in [0, 0.05) is 43.0 Å². The molecule has 1 amide bonds. The van der Waals surface area contributed by atoms with Crippen LogP contribution in [0.25, 0.3) is 11.3 Å². The van der Waals surface area contributed by atoms with Crippen LogP contribution in [0.5, 0.6) is 0 Å². The zero-order valence-corrected chi connectivity index (χ0v) is 15.8. The number of rotatable bonds is 6. The summed E-state index contributed by atoms with van der Waals surface area (Å²) >= 11 is 0. The number of amides is 1. The Bertz CT molecular complexity index is 916. The number of nitrogens with zero attached hydrogens (tertiary/aromatic N) is 5. The van der Waals surface area contributed by atoms with Crippen molar-refractivity contribution >= 4 is 11.7 Å². The minimum absolute atomic E-state index is 0.00207. The van der Waals surface area contributed by atoms with Gasteiger partial charge in [-0.15, -0.1) is 0 Å². The van der Waals surface area contributed by atoms with Crippen molar-refractivity contribution in [2.75, 3.05) is 12.3 Å². The van der Waals surface area contributed by atoms with Crippen molar-refractivity contribution in [3.05, 3.63) is 60.2 Å². The molecule has 0 radical (unpaired) electrons. The van der Waals surface area contributed by atoms with Gasteiger partial charge in [0.2, 0.25) is 0 Å².